The molecule has 0 atom stereocenters. The average molecular weight is 434 g/mol. The molecular weight excluding hydrogens is 412 g/mol. The predicted molar refractivity (Wildman–Crippen MR) is 117 cm³/mol. The first-order chi connectivity index (χ1) is 15.2. The molecule has 3 aromatic rings. The molecule has 0 bridgehead atoms. The molecule has 7 heteroatoms. The molecule has 0 aliphatic heterocycles. The van der Waals surface area contributed by atoms with Gasteiger partial charge in [0.2, 0.25) is 0 Å². The summed E-state index contributed by atoms with van der Waals surface area (Å²) >= 11 is 0. The number of hydrogen-bond donors (Lipinski definition) is 4. The van der Waals surface area contributed by atoms with Crippen LogP contribution in [0.1, 0.15) is 53.3 Å². The lowest BCUT2D eigenvalue weighted by Crippen LogP contribution is -2.09. The average Bonchev–Trinajstić information content (AvgIpc) is 2.77. The SMILES string of the molecule is O=C(O)c1cc(CCc2ccc(CCc3ccc(C(=O)O)c(C(=O)O)c3)cc2)ccc1O. The Morgan fingerprint density at radius 3 is 1.34 bits per heavy atom. The Morgan fingerprint density at radius 1 is 0.500 bits per heavy atom. The Kier molecular flexibility index (Phi) is 6.90. The maximum Gasteiger partial charge on any atom is 0.339 e. The summed E-state index contributed by atoms with van der Waals surface area (Å²) in [6.45, 7) is 0. The monoisotopic (exact) mass is 434 g/mol. The van der Waals surface area contributed by atoms with Gasteiger partial charge in [0, 0.05) is 0 Å². The minimum atomic E-state index is -1.27. The van der Waals surface area contributed by atoms with Gasteiger partial charge in [-0.05, 0) is 72.2 Å². The fourth-order valence-electron chi connectivity index (χ4n) is 3.47. The van der Waals surface area contributed by atoms with Crippen LogP contribution in [0.2, 0.25) is 0 Å². The zero-order chi connectivity index (χ0) is 23.3. The number of phenols is 1. The summed E-state index contributed by atoms with van der Waals surface area (Å²) in [5, 5.41) is 37.0. The van der Waals surface area contributed by atoms with E-state index in [1.165, 1.54) is 24.3 Å². The Balaban J connectivity index is 1.60. The number of aromatic carboxylic acids is 3. The summed E-state index contributed by atoms with van der Waals surface area (Å²) in [4.78, 5) is 33.6. The molecule has 0 spiro atoms. The van der Waals surface area contributed by atoms with Crippen molar-refractivity contribution < 1.29 is 34.8 Å². The van der Waals surface area contributed by atoms with Gasteiger partial charge in [-0.1, -0.05) is 36.4 Å². The van der Waals surface area contributed by atoms with E-state index in [1.807, 2.05) is 24.3 Å². The van der Waals surface area contributed by atoms with Crippen LogP contribution in [0.3, 0.4) is 0 Å². The molecule has 0 unspecified atom stereocenters. The molecule has 0 aromatic heterocycles. The van der Waals surface area contributed by atoms with Crippen molar-refractivity contribution in [1.82, 2.24) is 0 Å². The molecule has 3 aromatic carbocycles. The number of benzene rings is 3. The molecule has 0 saturated carbocycles. The van der Waals surface area contributed by atoms with Crippen molar-refractivity contribution in [3.63, 3.8) is 0 Å². The molecule has 32 heavy (non-hydrogen) atoms. The summed E-state index contributed by atoms with van der Waals surface area (Å²) in [7, 11) is 0. The molecule has 0 aliphatic rings. The van der Waals surface area contributed by atoms with E-state index in [0.717, 1.165) is 22.3 Å². The third kappa shape index (κ3) is 5.51. The second kappa shape index (κ2) is 9.78. The minimum Gasteiger partial charge on any atom is -0.507 e. The van der Waals surface area contributed by atoms with Gasteiger partial charge in [-0.15, -0.1) is 0 Å². The van der Waals surface area contributed by atoms with E-state index < -0.39 is 17.9 Å². The lowest BCUT2D eigenvalue weighted by atomic mass is 9.97. The highest BCUT2D eigenvalue weighted by Crippen LogP contribution is 2.20. The van der Waals surface area contributed by atoms with Crippen LogP contribution in [0.15, 0.2) is 60.7 Å². The Labute approximate surface area is 184 Å². The summed E-state index contributed by atoms with van der Waals surface area (Å²) in [5.41, 5.74) is 3.16. The quantitative estimate of drug-likeness (QED) is 0.399. The number of aryl methyl sites for hydroxylation is 4. The molecular formula is C25H22O7. The molecule has 0 aliphatic carbocycles. The number of carboxylic acid groups (broad SMARTS) is 3. The van der Waals surface area contributed by atoms with Crippen molar-refractivity contribution in [2.24, 2.45) is 0 Å². The summed E-state index contributed by atoms with van der Waals surface area (Å²) in [6, 6.07) is 16.9. The van der Waals surface area contributed by atoms with Gasteiger partial charge in [-0.2, -0.15) is 0 Å². The fourth-order valence-corrected chi connectivity index (χ4v) is 3.47. The minimum absolute atomic E-state index is 0.111. The van der Waals surface area contributed by atoms with Crippen LogP contribution < -0.4 is 0 Å². The number of rotatable bonds is 9. The van der Waals surface area contributed by atoms with Crippen LogP contribution >= 0.6 is 0 Å². The van der Waals surface area contributed by atoms with Gasteiger partial charge in [-0.25, -0.2) is 14.4 Å². The maximum absolute atomic E-state index is 11.3. The number of carbonyl (C=O) groups is 3. The standard InChI is InChI=1S/C25H22O7/c26-22-12-10-18(14-21(22)25(31)32)8-6-16-3-1-15(2-4-16)5-7-17-9-11-19(23(27)28)20(13-17)24(29)30/h1-4,9-14,26H,5-8H2,(H,27,28)(H,29,30)(H,31,32). The van der Waals surface area contributed by atoms with Crippen molar-refractivity contribution in [1.29, 1.82) is 0 Å². The van der Waals surface area contributed by atoms with Crippen LogP contribution in [0.4, 0.5) is 0 Å². The van der Waals surface area contributed by atoms with E-state index in [9.17, 15) is 24.6 Å². The van der Waals surface area contributed by atoms with Gasteiger partial charge < -0.3 is 20.4 Å². The molecule has 0 amide bonds. The van der Waals surface area contributed by atoms with E-state index in [0.29, 0.717) is 25.7 Å². The van der Waals surface area contributed by atoms with Crippen LogP contribution in [0.25, 0.3) is 0 Å². The number of carboxylic acids is 3. The van der Waals surface area contributed by atoms with Crippen molar-refractivity contribution in [2.75, 3.05) is 0 Å². The van der Waals surface area contributed by atoms with Crippen LogP contribution in [-0.2, 0) is 25.7 Å². The summed E-state index contributed by atoms with van der Waals surface area (Å²) in [6.07, 6.45) is 2.59. The molecule has 0 fully saturated rings. The van der Waals surface area contributed by atoms with Crippen LogP contribution in [0.5, 0.6) is 5.75 Å². The zero-order valence-corrected chi connectivity index (χ0v) is 17.1. The van der Waals surface area contributed by atoms with Gasteiger partial charge in [0.25, 0.3) is 0 Å². The number of aromatic hydroxyl groups is 1. The molecule has 7 nitrogen and oxygen atoms in total. The normalized spacial score (nSPS) is 10.6. The highest BCUT2D eigenvalue weighted by molar-refractivity contribution is 6.01. The third-order valence-electron chi connectivity index (χ3n) is 5.26. The van der Waals surface area contributed by atoms with Gasteiger partial charge in [0.15, 0.2) is 0 Å². The Morgan fingerprint density at radius 2 is 0.875 bits per heavy atom. The van der Waals surface area contributed by atoms with Crippen LogP contribution in [0, 0.1) is 0 Å². The van der Waals surface area contributed by atoms with E-state index >= 15 is 0 Å². The van der Waals surface area contributed by atoms with E-state index in [-0.39, 0.29) is 22.4 Å². The lowest BCUT2D eigenvalue weighted by Gasteiger charge is -2.08. The molecule has 0 radical (unpaired) electrons. The van der Waals surface area contributed by atoms with Crippen molar-refractivity contribution in [3.8, 4) is 5.75 Å². The first-order valence-electron chi connectivity index (χ1n) is 9.97. The van der Waals surface area contributed by atoms with Gasteiger partial charge in [0.1, 0.15) is 11.3 Å². The highest BCUT2D eigenvalue weighted by Gasteiger charge is 2.16. The Bertz CT molecular complexity index is 1160. The van der Waals surface area contributed by atoms with Crippen molar-refractivity contribution in [2.45, 2.75) is 25.7 Å². The third-order valence-corrected chi connectivity index (χ3v) is 5.26. The topological polar surface area (TPSA) is 132 Å². The van der Waals surface area contributed by atoms with Gasteiger partial charge >= 0.3 is 17.9 Å². The molecule has 0 saturated heterocycles. The highest BCUT2D eigenvalue weighted by atomic mass is 16.4. The van der Waals surface area contributed by atoms with Crippen LogP contribution in [-0.4, -0.2) is 38.3 Å². The first-order valence-corrected chi connectivity index (χ1v) is 9.97. The molecule has 164 valence electrons. The Hall–Kier alpha value is -4.13. The maximum atomic E-state index is 11.3. The van der Waals surface area contributed by atoms with E-state index in [1.54, 1.807) is 12.1 Å². The number of hydrogen-bond acceptors (Lipinski definition) is 4. The zero-order valence-electron chi connectivity index (χ0n) is 17.1. The molecule has 0 heterocycles. The van der Waals surface area contributed by atoms with Crippen molar-refractivity contribution >= 4 is 17.9 Å². The molecule has 3 rings (SSSR count). The van der Waals surface area contributed by atoms with Gasteiger partial charge in [0.05, 0.1) is 11.1 Å². The fraction of sp³-hybridized carbons (Fsp3) is 0.160. The molecule has 4 N–H and O–H groups in total. The van der Waals surface area contributed by atoms with Crippen molar-refractivity contribution in [3.05, 3.63) is 99.6 Å². The van der Waals surface area contributed by atoms with E-state index in [2.05, 4.69) is 0 Å². The largest absolute Gasteiger partial charge is 0.507 e. The summed E-state index contributed by atoms with van der Waals surface area (Å²) < 4.78 is 0. The second-order valence-corrected chi connectivity index (χ2v) is 7.46. The lowest BCUT2D eigenvalue weighted by molar-refractivity contribution is 0.0651. The summed E-state index contributed by atoms with van der Waals surface area (Å²) in [5.74, 6) is -3.95. The van der Waals surface area contributed by atoms with E-state index in [4.69, 9.17) is 10.2 Å². The smallest absolute Gasteiger partial charge is 0.339 e. The first kappa shape index (κ1) is 22.6. The second-order valence-electron chi connectivity index (χ2n) is 7.46. The van der Waals surface area contributed by atoms with Gasteiger partial charge in [-0.3, -0.25) is 0 Å². The predicted octanol–water partition coefficient (Wildman–Crippen LogP) is 4.06.